The Labute approximate surface area is 118 Å². The second kappa shape index (κ2) is 6.27. The number of benzene rings is 1. The molecule has 0 saturated carbocycles. The smallest absolute Gasteiger partial charge is 0.251 e. The molecule has 0 spiro atoms. The minimum absolute atomic E-state index is 0.0711. The van der Waals surface area contributed by atoms with Crippen molar-refractivity contribution >= 4 is 5.91 Å². The molecule has 2 rings (SSSR count). The van der Waals surface area contributed by atoms with E-state index in [2.05, 4.69) is 34.7 Å². The SMILES string of the molecule is Cc1nnnn1-c1cccc(C(=O)NCCC(C)C)c1. The summed E-state index contributed by atoms with van der Waals surface area (Å²) < 4.78 is 1.60. The van der Waals surface area contributed by atoms with Crippen LogP contribution in [-0.4, -0.2) is 32.7 Å². The Balaban J connectivity index is 2.10. The number of rotatable bonds is 5. The number of amides is 1. The molecule has 0 aliphatic carbocycles. The molecule has 0 fully saturated rings. The molecule has 106 valence electrons. The number of nitrogens with one attached hydrogen (secondary N) is 1. The van der Waals surface area contributed by atoms with Gasteiger partial charge in [0, 0.05) is 12.1 Å². The van der Waals surface area contributed by atoms with Crippen molar-refractivity contribution in [2.45, 2.75) is 27.2 Å². The average molecular weight is 273 g/mol. The van der Waals surface area contributed by atoms with Gasteiger partial charge in [0.2, 0.25) is 0 Å². The van der Waals surface area contributed by atoms with Gasteiger partial charge in [-0.2, -0.15) is 4.68 Å². The fraction of sp³-hybridized carbons (Fsp3) is 0.429. The molecule has 1 N–H and O–H groups in total. The van der Waals surface area contributed by atoms with E-state index in [0.717, 1.165) is 12.1 Å². The fourth-order valence-corrected chi connectivity index (χ4v) is 1.83. The minimum Gasteiger partial charge on any atom is -0.352 e. The van der Waals surface area contributed by atoms with Gasteiger partial charge in [-0.25, -0.2) is 0 Å². The van der Waals surface area contributed by atoms with Crippen LogP contribution in [0.5, 0.6) is 0 Å². The van der Waals surface area contributed by atoms with E-state index in [1.54, 1.807) is 16.8 Å². The number of carbonyl (C=O) groups is 1. The van der Waals surface area contributed by atoms with Gasteiger partial charge in [-0.15, -0.1) is 5.10 Å². The fourth-order valence-electron chi connectivity index (χ4n) is 1.83. The van der Waals surface area contributed by atoms with Crippen LogP contribution in [0.3, 0.4) is 0 Å². The summed E-state index contributed by atoms with van der Waals surface area (Å²) in [6.07, 6.45) is 0.970. The molecule has 0 unspecified atom stereocenters. The number of tetrazole rings is 1. The second-order valence-corrected chi connectivity index (χ2v) is 5.13. The average Bonchev–Trinajstić information content (AvgIpc) is 2.84. The van der Waals surface area contributed by atoms with E-state index >= 15 is 0 Å². The van der Waals surface area contributed by atoms with Crippen molar-refractivity contribution in [2.24, 2.45) is 5.92 Å². The van der Waals surface area contributed by atoms with Gasteiger partial charge >= 0.3 is 0 Å². The van der Waals surface area contributed by atoms with Crippen molar-refractivity contribution in [1.29, 1.82) is 0 Å². The third kappa shape index (κ3) is 3.40. The van der Waals surface area contributed by atoms with E-state index in [1.807, 2.05) is 19.1 Å². The van der Waals surface area contributed by atoms with Crippen LogP contribution in [0.2, 0.25) is 0 Å². The highest BCUT2D eigenvalue weighted by atomic mass is 16.1. The van der Waals surface area contributed by atoms with Gasteiger partial charge in [-0.3, -0.25) is 4.79 Å². The van der Waals surface area contributed by atoms with E-state index in [-0.39, 0.29) is 5.91 Å². The Morgan fingerprint density at radius 2 is 2.20 bits per heavy atom. The first kappa shape index (κ1) is 14.2. The zero-order valence-corrected chi connectivity index (χ0v) is 12.0. The minimum atomic E-state index is -0.0711. The van der Waals surface area contributed by atoms with Crippen molar-refractivity contribution in [1.82, 2.24) is 25.5 Å². The van der Waals surface area contributed by atoms with E-state index in [0.29, 0.717) is 23.9 Å². The third-order valence-electron chi connectivity index (χ3n) is 2.99. The van der Waals surface area contributed by atoms with Crippen LogP contribution in [0.4, 0.5) is 0 Å². The van der Waals surface area contributed by atoms with Crippen molar-refractivity contribution < 1.29 is 4.79 Å². The van der Waals surface area contributed by atoms with Gasteiger partial charge in [0.15, 0.2) is 5.82 Å². The maximum atomic E-state index is 12.1. The summed E-state index contributed by atoms with van der Waals surface area (Å²) in [6.45, 7) is 6.76. The lowest BCUT2D eigenvalue weighted by Crippen LogP contribution is -2.25. The first-order valence-corrected chi connectivity index (χ1v) is 6.71. The van der Waals surface area contributed by atoms with Crippen LogP contribution in [0.1, 0.15) is 36.5 Å². The zero-order chi connectivity index (χ0) is 14.5. The Kier molecular flexibility index (Phi) is 4.45. The third-order valence-corrected chi connectivity index (χ3v) is 2.99. The molecule has 1 amide bonds. The summed E-state index contributed by atoms with van der Waals surface area (Å²) in [7, 11) is 0. The molecule has 0 radical (unpaired) electrons. The molecule has 0 saturated heterocycles. The lowest BCUT2D eigenvalue weighted by molar-refractivity contribution is 0.0952. The van der Waals surface area contributed by atoms with Crippen molar-refractivity contribution in [2.75, 3.05) is 6.54 Å². The Morgan fingerprint density at radius 3 is 2.85 bits per heavy atom. The van der Waals surface area contributed by atoms with E-state index < -0.39 is 0 Å². The zero-order valence-electron chi connectivity index (χ0n) is 12.0. The number of hydrogen-bond acceptors (Lipinski definition) is 4. The second-order valence-electron chi connectivity index (χ2n) is 5.13. The molecule has 0 aliphatic rings. The monoisotopic (exact) mass is 273 g/mol. The summed E-state index contributed by atoms with van der Waals surface area (Å²) in [5.74, 6) is 1.19. The molecule has 6 nitrogen and oxygen atoms in total. The lowest BCUT2D eigenvalue weighted by Gasteiger charge is -2.08. The maximum absolute atomic E-state index is 12.1. The van der Waals surface area contributed by atoms with E-state index in [9.17, 15) is 4.79 Å². The van der Waals surface area contributed by atoms with Crippen molar-refractivity contribution in [3.8, 4) is 5.69 Å². The molecule has 20 heavy (non-hydrogen) atoms. The van der Waals surface area contributed by atoms with Gasteiger partial charge in [0.05, 0.1) is 5.69 Å². The predicted molar refractivity (Wildman–Crippen MR) is 75.7 cm³/mol. The van der Waals surface area contributed by atoms with Gasteiger partial charge in [-0.05, 0) is 47.9 Å². The Morgan fingerprint density at radius 1 is 1.40 bits per heavy atom. The molecule has 1 aromatic heterocycles. The van der Waals surface area contributed by atoms with Crippen LogP contribution in [0.15, 0.2) is 24.3 Å². The summed E-state index contributed by atoms with van der Waals surface area (Å²) in [5, 5.41) is 14.3. The Bertz CT molecular complexity index is 591. The van der Waals surface area contributed by atoms with Crippen molar-refractivity contribution in [3.63, 3.8) is 0 Å². The van der Waals surface area contributed by atoms with E-state index in [1.165, 1.54) is 0 Å². The highest BCUT2D eigenvalue weighted by Gasteiger charge is 2.09. The molecular formula is C14H19N5O. The summed E-state index contributed by atoms with van der Waals surface area (Å²) in [5.41, 5.74) is 1.39. The maximum Gasteiger partial charge on any atom is 0.251 e. The molecule has 1 heterocycles. The van der Waals surface area contributed by atoms with Crippen LogP contribution >= 0.6 is 0 Å². The van der Waals surface area contributed by atoms with Gasteiger partial charge in [-0.1, -0.05) is 19.9 Å². The molecule has 2 aromatic rings. The number of carbonyl (C=O) groups excluding carboxylic acids is 1. The normalized spacial score (nSPS) is 10.8. The summed E-state index contributed by atoms with van der Waals surface area (Å²) >= 11 is 0. The Hall–Kier alpha value is -2.24. The molecule has 0 aliphatic heterocycles. The van der Waals surface area contributed by atoms with Crippen LogP contribution in [-0.2, 0) is 0 Å². The first-order chi connectivity index (χ1) is 9.58. The van der Waals surface area contributed by atoms with Crippen LogP contribution in [0, 0.1) is 12.8 Å². The van der Waals surface area contributed by atoms with Crippen LogP contribution < -0.4 is 5.32 Å². The largest absolute Gasteiger partial charge is 0.352 e. The molecule has 0 bridgehead atoms. The first-order valence-electron chi connectivity index (χ1n) is 6.71. The number of hydrogen-bond donors (Lipinski definition) is 1. The predicted octanol–water partition coefficient (Wildman–Crippen LogP) is 1.75. The molecule has 0 atom stereocenters. The quantitative estimate of drug-likeness (QED) is 0.900. The number of aryl methyl sites for hydroxylation is 1. The molecular weight excluding hydrogens is 254 g/mol. The van der Waals surface area contributed by atoms with Gasteiger partial charge < -0.3 is 5.32 Å². The summed E-state index contributed by atoms with van der Waals surface area (Å²) in [6, 6.07) is 7.27. The number of nitrogens with zero attached hydrogens (tertiary/aromatic N) is 4. The highest BCUT2D eigenvalue weighted by molar-refractivity contribution is 5.94. The molecule has 1 aromatic carbocycles. The topological polar surface area (TPSA) is 72.7 Å². The highest BCUT2D eigenvalue weighted by Crippen LogP contribution is 2.10. The van der Waals surface area contributed by atoms with Crippen LogP contribution in [0.25, 0.3) is 5.69 Å². The van der Waals surface area contributed by atoms with Gasteiger partial charge in [0.25, 0.3) is 5.91 Å². The standard InChI is InChI=1S/C14H19N5O/c1-10(2)7-8-15-14(20)12-5-4-6-13(9-12)19-11(3)16-17-18-19/h4-6,9-10H,7-8H2,1-3H3,(H,15,20). The molecule has 6 heteroatoms. The van der Waals surface area contributed by atoms with Crippen molar-refractivity contribution in [3.05, 3.63) is 35.7 Å². The number of aromatic nitrogens is 4. The van der Waals surface area contributed by atoms with Gasteiger partial charge in [0.1, 0.15) is 0 Å². The van der Waals surface area contributed by atoms with E-state index in [4.69, 9.17) is 0 Å². The summed E-state index contributed by atoms with van der Waals surface area (Å²) in [4.78, 5) is 12.1. The lowest BCUT2D eigenvalue weighted by atomic mass is 10.1.